The molecule has 0 aliphatic rings. The number of hydrogen-bond donors (Lipinski definition) is 1. The Morgan fingerprint density at radius 2 is 1.89 bits per heavy atom. The molecule has 0 radical (unpaired) electrons. The molecule has 0 aliphatic carbocycles. The third kappa shape index (κ3) is 4.08. The molecule has 1 atom stereocenters. The van der Waals surface area contributed by atoms with Gasteiger partial charge in [-0.2, -0.15) is 0 Å². The van der Waals surface area contributed by atoms with Crippen LogP contribution >= 0.6 is 15.9 Å². The van der Waals surface area contributed by atoms with Crippen molar-refractivity contribution < 1.29 is 9.84 Å². The van der Waals surface area contributed by atoms with Crippen LogP contribution in [0.2, 0.25) is 0 Å². The van der Waals surface area contributed by atoms with Crippen LogP contribution in [0.4, 0.5) is 0 Å². The fourth-order valence-corrected chi connectivity index (χ4v) is 2.26. The lowest BCUT2D eigenvalue weighted by Gasteiger charge is -2.12. The summed E-state index contributed by atoms with van der Waals surface area (Å²) < 4.78 is 5.78. The Labute approximate surface area is 122 Å². The smallest absolute Gasteiger partial charge is 0.120 e. The molecular weight excluding hydrogens is 304 g/mol. The van der Waals surface area contributed by atoms with Gasteiger partial charge in [0.1, 0.15) is 12.4 Å². The number of halogens is 1. The number of alkyl halides is 1. The molecule has 2 nitrogen and oxygen atoms in total. The Bertz CT molecular complexity index is 526. The van der Waals surface area contributed by atoms with E-state index in [9.17, 15) is 5.11 Å². The molecule has 0 amide bonds. The molecule has 1 N–H and O–H groups in total. The molecule has 2 rings (SSSR count). The summed E-state index contributed by atoms with van der Waals surface area (Å²) in [4.78, 5) is 0. The van der Waals surface area contributed by atoms with E-state index >= 15 is 0 Å². The second kappa shape index (κ2) is 6.73. The number of aliphatic hydroxyl groups is 1. The number of hydrogen-bond acceptors (Lipinski definition) is 2. The van der Waals surface area contributed by atoms with Crippen molar-refractivity contribution in [2.75, 3.05) is 5.33 Å². The molecule has 0 aliphatic heterocycles. The quantitative estimate of drug-likeness (QED) is 0.844. The highest BCUT2D eigenvalue weighted by Gasteiger charge is 2.08. The molecule has 0 bridgehead atoms. The van der Waals surface area contributed by atoms with Crippen molar-refractivity contribution in [2.45, 2.75) is 19.6 Å². The van der Waals surface area contributed by atoms with Crippen LogP contribution in [0.5, 0.6) is 5.75 Å². The molecule has 0 saturated carbocycles. The Morgan fingerprint density at radius 1 is 1.16 bits per heavy atom. The molecule has 0 heterocycles. The van der Waals surface area contributed by atoms with Crippen LogP contribution in [-0.4, -0.2) is 10.4 Å². The Balaban J connectivity index is 2.10. The number of rotatable bonds is 5. The largest absolute Gasteiger partial charge is 0.489 e. The van der Waals surface area contributed by atoms with Gasteiger partial charge < -0.3 is 9.84 Å². The summed E-state index contributed by atoms with van der Waals surface area (Å²) in [6.45, 7) is 2.54. The summed E-state index contributed by atoms with van der Waals surface area (Å²) in [7, 11) is 0. The van der Waals surface area contributed by atoms with Gasteiger partial charge in [0.15, 0.2) is 0 Å². The van der Waals surface area contributed by atoms with Gasteiger partial charge in [-0.05, 0) is 35.7 Å². The van der Waals surface area contributed by atoms with Gasteiger partial charge in [-0.3, -0.25) is 0 Å². The van der Waals surface area contributed by atoms with E-state index in [4.69, 9.17) is 4.74 Å². The van der Waals surface area contributed by atoms with Crippen LogP contribution in [0, 0.1) is 6.92 Å². The van der Waals surface area contributed by atoms with Gasteiger partial charge in [-0.1, -0.05) is 52.3 Å². The fourth-order valence-electron chi connectivity index (χ4n) is 1.88. The van der Waals surface area contributed by atoms with E-state index in [2.05, 4.69) is 15.9 Å². The van der Waals surface area contributed by atoms with Crippen LogP contribution < -0.4 is 4.74 Å². The summed E-state index contributed by atoms with van der Waals surface area (Å²) in [5, 5.41) is 10.4. The highest BCUT2D eigenvalue weighted by atomic mass is 79.9. The minimum absolute atomic E-state index is 0.501. The van der Waals surface area contributed by atoms with Crippen molar-refractivity contribution in [2.24, 2.45) is 0 Å². The van der Waals surface area contributed by atoms with Crippen molar-refractivity contribution >= 4 is 15.9 Å². The van der Waals surface area contributed by atoms with E-state index in [-0.39, 0.29) is 0 Å². The maximum Gasteiger partial charge on any atom is 0.120 e. The number of benzene rings is 2. The lowest BCUT2D eigenvalue weighted by molar-refractivity contribution is 0.204. The average Bonchev–Trinajstić information content (AvgIpc) is 2.45. The minimum Gasteiger partial charge on any atom is -0.489 e. The minimum atomic E-state index is -0.501. The van der Waals surface area contributed by atoms with E-state index in [0.717, 1.165) is 22.4 Å². The Morgan fingerprint density at radius 3 is 2.58 bits per heavy atom. The first-order chi connectivity index (χ1) is 9.19. The van der Waals surface area contributed by atoms with Gasteiger partial charge in [-0.15, -0.1) is 0 Å². The second-order valence-electron chi connectivity index (χ2n) is 4.52. The predicted octanol–water partition coefficient (Wildman–Crippen LogP) is 4.00. The van der Waals surface area contributed by atoms with E-state index in [1.165, 1.54) is 0 Å². The number of aryl methyl sites for hydroxylation is 1. The van der Waals surface area contributed by atoms with Crippen LogP contribution in [0.1, 0.15) is 22.8 Å². The zero-order valence-electron chi connectivity index (χ0n) is 10.8. The standard InChI is InChI=1S/C16H17BrO2/c1-12-7-14(16(18)10-17)9-15(8-12)19-11-13-5-3-2-4-6-13/h2-9,16,18H,10-11H2,1H3. The fraction of sp³-hybridized carbons (Fsp3) is 0.250. The van der Waals surface area contributed by atoms with Crippen LogP contribution in [0.25, 0.3) is 0 Å². The topological polar surface area (TPSA) is 29.5 Å². The average molecular weight is 321 g/mol. The second-order valence-corrected chi connectivity index (χ2v) is 5.17. The van der Waals surface area contributed by atoms with Gasteiger partial charge in [-0.25, -0.2) is 0 Å². The number of aliphatic hydroxyl groups excluding tert-OH is 1. The SMILES string of the molecule is Cc1cc(OCc2ccccc2)cc(C(O)CBr)c1. The van der Waals surface area contributed by atoms with Gasteiger partial charge in [0.25, 0.3) is 0 Å². The summed E-state index contributed by atoms with van der Waals surface area (Å²) >= 11 is 3.29. The zero-order valence-corrected chi connectivity index (χ0v) is 12.4. The van der Waals surface area contributed by atoms with Crippen molar-refractivity contribution in [3.8, 4) is 5.75 Å². The van der Waals surface area contributed by atoms with Gasteiger partial charge in [0.2, 0.25) is 0 Å². The van der Waals surface area contributed by atoms with E-state index in [0.29, 0.717) is 11.9 Å². The maximum absolute atomic E-state index is 9.86. The highest BCUT2D eigenvalue weighted by molar-refractivity contribution is 9.09. The van der Waals surface area contributed by atoms with Crippen molar-refractivity contribution in [3.05, 3.63) is 65.2 Å². The highest BCUT2D eigenvalue weighted by Crippen LogP contribution is 2.23. The van der Waals surface area contributed by atoms with Crippen LogP contribution in [0.15, 0.2) is 48.5 Å². The summed E-state index contributed by atoms with van der Waals surface area (Å²) in [5.41, 5.74) is 3.09. The first kappa shape index (κ1) is 14.1. The number of ether oxygens (including phenoxy) is 1. The predicted molar refractivity (Wildman–Crippen MR) is 80.7 cm³/mol. The molecule has 0 spiro atoms. The Hall–Kier alpha value is -1.32. The van der Waals surface area contributed by atoms with E-state index in [1.54, 1.807) is 0 Å². The van der Waals surface area contributed by atoms with Crippen LogP contribution in [0.3, 0.4) is 0 Å². The van der Waals surface area contributed by atoms with Gasteiger partial charge in [0, 0.05) is 5.33 Å². The van der Waals surface area contributed by atoms with E-state index in [1.807, 2.05) is 55.5 Å². The summed E-state index contributed by atoms with van der Waals surface area (Å²) in [6, 6.07) is 15.9. The normalized spacial score (nSPS) is 12.2. The molecule has 0 fully saturated rings. The molecule has 2 aromatic rings. The molecule has 0 saturated heterocycles. The third-order valence-electron chi connectivity index (χ3n) is 2.85. The molecular formula is C16H17BrO2. The molecule has 100 valence electrons. The monoisotopic (exact) mass is 320 g/mol. The lowest BCUT2D eigenvalue weighted by atomic mass is 10.1. The van der Waals surface area contributed by atoms with Crippen LogP contribution in [-0.2, 0) is 6.61 Å². The van der Waals surface area contributed by atoms with Crippen molar-refractivity contribution in [3.63, 3.8) is 0 Å². The zero-order chi connectivity index (χ0) is 13.7. The van der Waals surface area contributed by atoms with Crippen molar-refractivity contribution in [1.82, 2.24) is 0 Å². The summed E-state index contributed by atoms with van der Waals surface area (Å²) in [6.07, 6.45) is -0.501. The van der Waals surface area contributed by atoms with Gasteiger partial charge >= 0.3 is 0 Å². The molecule has 1 unspecified atom stereocenters. The molecule has 0 aromatic heterocycles. The first-order valence-electron chi connectivity index (χ1n) is 6.21. The van der Waals surface area contributed by atoms with Gasteiger partial charge in [0.05, 0.1) is 6.10 Å². The Kier molecular flexibility index (Phi) is 5.00. The molecule has 2 aromatic carbocycles. The molecule has 19 heavy (non-hydrogen) atoms. The maximum atomic E-state index is 9.86. The third-order valence-corrected chi connectivity index (χ3v) is 3.47. The summed E-state index contributed by atoms with van der Waals surface area (Å²) in [5.74, 6) is 0.791. The van der Waals surface area contributed by atoms with Crippen molar-refractivity contribution in [1.29, 1.82) is 0 Å². The lowest BCUT2D eigenvalue weighted by Crippen LogP contribution is -2.01. The van der Waals surface area contributed by atoms with E-state index < -0.39 is 6.10 Å². The first-order valence-corrected chi connectivity index (χ1v) is 7.33. The molecule has 3 heteroatoms.